The molecule has 0 amide bonds. The summed E-state index contributed by atoms with van der Waals surface area (Å²) in [6.07, 6.45) is 2.82. The van der Waals surface area contributed by atoms with Gasteiger partial charge in [-0.3, -0.25) is 0 Å². The van der Waals surface area contributed by atoms with Gasteiger partial charge in [0.25, 0.3) is 0 Å². The number of hydrogen-bond donors (Lipinski definition) is 3. The first kappa shape index (κ1) is 21.9. The maximum atomic E-state index is 9.27. The predicted molar refractivity (Wildman–Crippen MR) is 111 cm³/mol. The Morgan fingerprint density at radius 1 is 1.00 bits per heavy atom. The zero-order valence-corrected chi connectivity index (χ0v) is 16.5. The zero-order valence-electron chi connectivity index (χ0n) is 15.7. The molecule has 0 bridgehead atoms. The van der Waals surface area contributed by atoms with Crippen molar-refractivity contribution < 1.29 is 19.4 Å². The molecule has 0 saturated heterocycles. The maximum absolute atomic E-state index is 9.27. The summed E-state index contributed by atoms with van der Waals surface area (Å²) in [5, 5.41) is 18.5. The fraction of sp³-hybridized carbons (Fsp3) is 0.286. The molecule has 7 heteroatoms. The lowest BCUT2D eigenvalue weighted by Gasteiger charge is -2.24. The normalized spacial score (nSPS) is 11.1. The van der Waals surface area contributed by atoms with Gasteiger partial charge in [0, 0.05) is 11.1 Å². The summed E-state index contributed by atoms with van der Waals surface area (Å²) < 4.78 is 10.8. The molecule has 0 unspecified atom stereocenters. The molecule has 1 heterocycles. The number of hydrogen-bond acceptors (Lipinski definition) is 6. The van der Waals surface area contributed by atoms with Crippen molar-refractivity contribution in [1.29, 1.82) is 0 Å². The van der Waals surface area contributed by atoms with Gasteiger partial charge in [-0.05, 0) is 42.7 Å². The minimum Gasteiger partial charge on any atom is -0.497 e. The number of aromatic nitrogens is 1. The largest absolute Gasteiger partial charge is 0.497 e. The molecular weight excluding hydrogens is 380 g/mol. The minimum atomic E-state index is -0.946. The van der Waals surface area contributed by atoms with E-state index in [2.05, 4.69) is 4.98 Å². The molecule has 3 rings (SSSR count). The third-order valence-corrected chi connectivity index (χ3v) is 4.63. The third-order valence-electron chi connectivity index (χ3n) is 4.63. The summed E-state index contributed by atoms with van der Waals surface area (Å²) in [6, 6.07) is 15.5. The number of methoxy groups -OCH3 is 1. The van der Waals surface area contributed by atoms with Crippen LogP contribution in [0.3, 0.4) is 0 Å². The fourth-order valence-electron chi connectivity index (χ4n) is 2.72. The van der Waals surface area contributed by atoms with Crippen molar-refractivity contribution in [2.24, 2.45) is 5.73 Å². The number of halogens is 1. The van der Waals surface area contributed by atoms with Gasteiger partial charge in [0.15, 0.2) is 0 Å². The van der Waals surface area contributed by atoms with Gasteiger partial charge >= 0.3 is 0 Å². The monoisotopic (exact) mass is 404 g/mol. The average molecular weight is 405 g/mol. The second-order valence-electron chi connectivity index (χ2n) is 6.64. The molecular formula is C21H25ClN2O4. The Morgan fingerprint density at radius 2 is 1.61 bits per heavy atom. The number of nitrogens with zero attached hydrogens (tertiary/aromatic N) is 1. The molecule has 0 atom stereocenters. The van der Waals surface area contributed by atoms with Crippen LogP contribution in [0.5, 0.6) is 5.75 Å². The quantitative estimate of drug-likeness (QED) is 0.533. The van der Waals surface area contributed by atoms with Crippen LogP contribution in [0.15, 0.2) is 59.2 Å². The maximum Gasteiger partial charge on any atom is 0.226 e. The van der Waals surface area contributed by atoms with E-state index in [1.165, 1.54) is 0 Å². The molecule has 150 valence electrons. The highest BCUT2D eigenvalue weighted by molar-refractivity contribution is 5.85. The summed E-state index contributed by atoms with van der Waals surface area (Å²) >= 11 is 0. The molecule has 4 N–H and O–H groups in total. The van der Waals surface area contributed by atoms with E-state index in [1.807, 2.05) is 48.5 Å². The smallest absolute Gasteiger partial charge is 0.226 e. The number of nitrogens with two attached hydrogens (primary N) is 1. The Balaban J connectivity index is 0.00000280. The molecule has 6 nitrogen and oxygen atoms in total. The molecule has 0 saturated carbocycles. The van der Waals surface area contributed by atoms with Crippen LogP contribution in [-0.2, 0) is 6.42 Å². The summed E-state index contributed by atoms with van der Waals surface area (Å²) in [6.45, 7) is -0.483. The minimum absolute atomic E-state index is 0. The van der Waals surface area contributed by atoms with Gasteiger partial charge < -0.3 is 25.1 Å². The van der Waals surface area contributed by atoms with E-state index in [0.717, 1.165) is 28.1 Å². The highest BCUT2D eigenvalue weighted by atomic mass is 35.5. The van der Waals surface area contributed by atoms with E-state index in [1.54, 1.807) is 13.4 Å². The van der Waals surface area contributed by atoms with Gasteiger partial charge in [0.1, 0.15) is 17.7 Å². The van der Waals surface area contributed by atoms with Crippen molar-refractivity contribution in [3.8, 4) is 28.5 Å². The van der Waals surface area contributed by atoms with Crippen molar-refractivity contribution in [3.63, 3.8) is 0 Å². The number of aryl methyl sites for hydroxylation is 1. The Hall–Kier alpha value is -2.38. The highest BCUT2D eigenvalue weighted by Gasteiger charge is 2.22. The number of benzene rings is 2. The number of ether oxygens (including phenoxy) is 1. The van der Waals surface area contributed by atoms with Crippen molar-refractivity contribution in [3.05, 3.63) is 60.4 Å². The predicted octanol–water partition coefficient (Wildman–Crippen LogP) is 3.05. The molecule has 0 fully saturated rings. The Labute approximate surface area is 170 Å². The average Bonchev–Trinajstić information content (AvgIpc) is 3.22. The van der Waals surface area contributed by atoms with Crippen LogP contribution in [0.1, 0.15) is 12.0 Å². The van der Waals surface area contributed by atoms with Crippen LogP contribution in [0.4, 0.5) is 0 Å². The molecule has 1 aromatic heterocycles. The van der Waals surface area contributed by atoms with E-state index >= 15 is 0 Å². The summed E-state index contributed by atoms with van der Waals surface area (Å²) in [5.41, 5.74) is 8.63. The van der Waals surface area contributed by atoms with Crippen LogP contribution in [0.2, 0.25) is 0 Å². The molecule has 0 spiro atoms. The van der Waals surface area contributed by atoms with Crippen LogP contribution in [0.25, 0.3) is 22.7 Å². The number of oxazole rings is 1. The molecule has 3 aromatic rings. The number of aliphatic hydroxyl groups excluding tert-OH is 2. The third kappa shape index (κ3) is 5.11. The molecule has 0 aliphatic rings. The van der Waals surface area contributed by atoms with Crippen molar-refractivity contribution in [2.45, 2.75) is 18.4 Å². The van der Waals surface area contributed by atoms with Gasteiger partial charge in [-0.2, -0.15) is 0 Å². The SMILES string of the molecule is COc1ccc(-c2nc(-c3ccc(CCC(N)(CO)CO)cc3)co2)cc1.Cl. The molecule has 0 aliphatic heterocycles. The number of rotatable bonds is 8. The van der Waals surface area contributed by atoms with Gasteiger partial charge in [0.2, 0.25) is 5.89 Å². The first-order valence-corrected chi connectivity index (χ1v) is 8.77. The topological polar surface area (TPSA) is 102 Å². The highest BCUT2D eigenvalue weighted by Crippen LogP contribution is 2.26. The van der Waals surface area contributed by atoms with Crippen molar-refractivity contribution in [1.82, 2.24) is 4.98 Å². The first-order valence-electron chi connectivity index (χ1n) is 8.77. The van der Waals surface area contributed by atoms with Crippen LogP contribution < -0.4 is 10.5 Å². The Morgan fingerprint density at radius 3 is 2.18 bits per heavy atom. The van der Waals surface area contributed by atoms with E-state index in [9.17, 15) is 10.2 Å². The lowest BCUT2D eigenvalue weighted by molar-refractivity contribution is 0.115. The fourth-order valence-corrected chi connectivity index (χ4v) is 2.72. The molecule has 0 radical (unpaired) electrons. The zero-order chi connectivity index (χ0) is 19.3. The molecule has 2 aromatic carbocycles. The lowest BCUT2D eigenvalue weighted by atomic mass is 9.93. The Bertz CT molecular complexity index is 859. The molecule has 0 aliphatic carbocycles. The van der Waals surface area contributed by atoms with Crippen LogP contribution >= 0.6 is 12.4 Å². The first-order chi connectivity index (χ1) is 13.1. The summed E-state index contributed by atoms with van der Waals surface area (Å²) in [5.74, 6) is 1.33. The van der Waals surface area contributed by atoms with Gasteiger partial charge in [-0.1, -0.05) is 24.3 Å². The second kappa shape index (κ2) is 9.71. The lowest BCUT2D eigenvalue weighted by Crippen LogP contribution is -2.47. The van der Waals surface area contributed by atoms with E-state index in [4.69, 9.17) is 14.9 Å². The van der Waals surface area contributed by atoms with E-state index in [-0.39, 0.29) is 25.6 Å². The summed E-state index contributed by atoms with van der Waals surface area (Å²) in [7, 11) is 1.63. The van der Waals surface area contributed by atoms with Gasteiger partial charge in [-0.15, -0.1) is 12.4 Å². The Kier molecular flexibility index (Phi) is 7.60. The van der Waals surface area contributed by atoms with Crippen molar-refractivity contribution >= 4 is 12.4 Å². The molecule has 28 heavy (non-hydrogen) atoms. The van der Waals surface area contributed by atoms with Crippen LogP contribution in [-0.4, -0.2) is 41.1 Å². The van der Waals surface area contributed by atoms with Crippen LogP contribution in [0, 0.1) is 0 Å². The second-order valence-corrected chi connectivity index (χ2v) is 6.64. The van der Waals surface area contributed by atoms with Gasteiger partial charge in [0.05, 0.1) is 25.9 Å². The van der Waals surface area contributed by atoms with Gasteiger partial charge in [-0.25, -0.2) is 4.98 Å². The number of aliphatic hydroxyl groups is 2. The van der Waals surface area contributed by atoms with Crippen molar-refractivity contribution in [2.75, 3.05) is 20.3 Å². The standard InChI is InChI=1S/C21H24N2O4.ClH/c1-26-18-8-6-17(7-9-18)20-23-19(12-27-20)16-4-2-15(3-5-16)10-11-21(22,13-24)14-25;/h2-9,12,24-25H,10-11,13-14,22H2,1H3;1H. The van der Waals surface area contributed by atoms with E-state index in [0.29, 0.717) is 18.7 Å². The summed E-state index contributed by atoms with van der Waals surface area (Å²) in [4.78, 5) is 4.55. The van der Waals surface area contributed by atoms with E-state index < -0.39 is 5.54 Å².